The van der Waals surface area contributed by atoms with Crippen LogP contribution in [0, 0.1) is 13.8 Å². The standard InChI is InChI=1S/C39H33NO2Si/c1-24-14-18-36-34(20-24)39(32-12-8-6-10-29(32)30-11-7-9-13-33(30)39)35-22-27(43(3,4)5)16-19-37(35)40(36)26-15-17-28-25(2)23-42-38(41)31(28)21-26/h6-23H,1-5H3. The van der Waals surface area contributed by atoms with E-state index in [2.05, 4.69) is 129 Å². The van der Waals surface area contributed by atoms with Crippen molar-refractivity contribution >= 4 is 41.1 Å². The van der Waals surface area contributed by atoms with Gasteiger partial charge in [-0.15, -0.1) is 0 Å². The zero-order valence-electron chi connectivity index (χ0n) is 25.2. The van der Waals surface area contributed by atoms with E-state index in [0.29, 0.717) is 5.39 Å². The minimum atomic E-state index is -1.67. The Morgan fingerprint density at radius 1 is 0.651 bits per heavy atom. The number of hydrogen-bond acceptors (Lipinski definition) is 3. The highest BCUT2D eigenvalue weighted by Gasteiger charge is 2.52. The number of anilines is 3. The molecule has 0 N–H and O–H groups in total. The fraction of sp³-hybridized carbons (Fsp3) is 0.154. The van der Waals surface area contributed by atoms with Gasteiger partial charge in [0.2, 0.25) is 0 Å². The topological polar surface area (TPSA) is 33.5 Å². The molecule has 4 heteroatoms. The van der Waals surface area contributed by atoms with Gasteiger partial charge >= 0.3 is 5.63 Å². The monoisotopic (exact) mass is 575 g/mol. The van der Waals surface area contributed by atoms with Gasteiger partial charge in [0.05, 0.1) is 36.5 Å². The van der Waals surface area contributed by atoms with Crippen molar-refractivity contribution in [3.8, 4) is 11.1 Å². The maximum atomic E-state index is 13.0. The summed E-state index contributed by atoms with van der Waals surface area (Å²) in [5, 5.41) is 2.95. The first kappa shape index (κ1) is 26.0. The van der Waals surface area contributed by atoms with Crippen LogP contribution in [0.5, 0.6) is 0 Å². The molecule has 0 amide bonds. The maximum absolute atomic E-state index is 13.0. The van der Waals surface area contributed by atoms with E-state index in [1.54, 1.807) is 6.26 Å². The Kier molecular flexibility index (Phi) is 5.39. The molecule has 210 valence electrons. The van der Waals surface area contributed by atoms with Crippen LogP contribution in [0.25, 0.3) is 21.9 Å². The van der Waals surface area contributed by atoms with Crippen molar-refractivity contribution in [2.45, 2.75) is 38.9 Å². The van der Waals surface area contributed by atoms with E-state index in [0.717, 1.165) is 28.0 Å². The summed E-state index contributed by atoms with van der Waals surface area (Å²) in [6.45, 7) is 11.4. The molecule has 0 saturated heterocycles. The van der Waals surface area contributed by atoms with E-state index in [-0.39, 0.29) is 5.63 Å². The van der Waals surface area contributed by atoms with E-state index in [1.807, 2.05) is 13.0 Å². The van der Waals surface area contributed by atoms with Crippen molar-refractivity contribution in [1.29, 1.82) is 0 Å². The number of hydrogen-bond donors (Lipinski definition) is 0. The Bertz CT molecular complexity index is 2140. The van der Waals surface area contributed by atoms with E-state index in [1.165, 1.54) is 44.1 Å². The maximum Gasteiger partial charge on any atom is 0.343 e. The highest BCUT2D eigenvalue weighted by Crippen LogP contribution is 2.63. The average Bonchev–Trinajstić information content (AvgIpc) is 3.30. The lowest BCUT2D eigenvalue weighted by Crippen LogP contribution is -2.42. The summed E-state index contributed by atoms with van der Waals surface area (Å²) in [4.78, 5) is 15.3. The quantitative estimate of drug-likeness (QED) is 0.193. The van der Waals surface area contributed by atoms with Crippen LogP contribution in [0.2, 0.25) is 19.6 Å². The summed E-state index contributed by atoms with van der Waals surface area (Å²) in [5.74, 6) is 0. The van der Waals surface area contributed by atoms with E-state index in [4.69, 9.17) is 4.42 Å². The minimum Gasteiger partial charge on any atom is -0.431 e. The van der Waals surface area contributed by atoms with Crippen LogP contribution in [-0.2, 0) is 5.41 Å². The molecule has 0 atom stereocenters. The first-order valence-corrected chi connectivity index (χ1v) is 18.5. The number of benzene rings is 5. The molecule has 1 aliphatic heterocycles. The molecule has 6 aromatic rings. The average molecular weight is 576 g/mol. The van der Waals surface area contributed by atoms with Gasteiger partial charge in [-0.3, -0.25) is 0 Å². The summed E-state index contributed by atoms with van der Waals surface area (Å²) in [5.41, 5.74) is 12.4. The van der Waals surface area contributed by atoms with Gasteiger partial charge in [0.1, 0.15) is 0 Å². The summed E-state index contributed by atoms with van der Waals surface area (Å²) in [6, 6.07) is 38.1. The molecule has 0 fully saturated rings. The SMILES string of the molecule is Cc1ccc2c(c1)C1(c3ccccc3-c3ccccc31)c1cc([Si](C)(C)C)ccc1N2c1ccc2c(C)coc(=O)c2c1. The third kappa shape index (κ3) is 3.50. The van der Waals surface area contributed by atoms with E-state index < -0.39 is 13.5 Å². The molecular formula is C39H33NO2Si. The van der Waals surface area contributed by atoms with Crippen molar-refractivity contribution in [1.82, 2.24) is 0 Å². The van der Waals surface area contributed by atoms with Crippen molar-refractivity contribution in [2.75, 3.05) is 4.90 Å². The molecule has 1 aromatic heterocycles. The lowest BCUT2D eigenvalue weighted by atomic mass is 9.64. The van der Waals surface area contributed by atoms with Gasteiger partial charge in [0.25, 0.3) is 0 Å². The first-order chi connectivity index (χ1) is 20.7. The van der Waals surface area contributed by atoms with Gasteiger partial charge < -0.3 is 9.32 Å². The van der Waals surface area contributed by atoms with Crippen LogP contribution in [-0.4, -0.2) is 8.07 Å². The van der Waals surface area contributed by atoms with E-state index in [9.17, 15) is 4.79 Å². The summed E-state index contributed by atoms with van der Waals surface area (Å²) < 4.78 is 5.41. The molecule has 43 heavy (non-hydrogen) atoms. The molecule has 0 bridgehead atoms. The first-order valence-electron chi connectivity index (χ1n) is 15.0. The molecule has 3 nitrogen and oxygen atoms in total. The van der Waals surface area contributed by atoms with E-state index >= 15 is 0 Å². The van der Waals surface area contributed by atoms with Gasteiger partial charge in [-0.05, 0) is 82.4 Å². The number of aryl methyl sites for hydroxylation is 2. The minimum absolute atomic E-state index is 0.312. The molecule has 0 unspecified atom stereocenters. The van der Waals surface area contributed by atoms with Crippen molar-refractivity contribution in [3.05, 3.63) is 153 Å². The Morgan fingerprint density at radius 2 is 1.28 bits per heavy atom. The van der Waals surface area contributed by atoms with Gasteiger partial charge in [-0.1, -0.05) is 109 Å². The highest BCUT2D eigenvalue weighted by atomic mass is 28.3. The fourth-order valence-corrected chi connectivity index (χ4v) is 8.63. The second-order valence-corrected chi connectivity index (χ2v) is 18.2. The molecule has 0 radical (unpaired) electrons. The number of rotatable bonds is 2. The normalized spacial score (nSPS) is 14.4. The Morgan fingerprint density at radius 3 is 1.95 bits per heavy atom. The van der Waals surface area contributed by atoms with Crippen LogP contribution in [0.3, 0.4) is 0 Å². The third-order valence-corrected chi connectivity index (χ3v) is 11.5. The third-order valence-electron chi connectivity index (χ3n) is 9.51. The predicted octanol–water partition coefficient (Wildman–Crippen LogP) is 9.10. The molecule has 0 saturated carbocycles. The summed E-state index contributed by atoms with van der Waals surface area (Å²) in [7, 11) is -1.67. The second kappa shape index (κ2) is 8.92. The Balaban J connectivity index is 1.54. The summed E-state index contributed by atoms with van der Waals surface area (Å²) >= 11 is 0. The number of nitrogens with zero attached hydrogens (tertiary/aromatic N) is 1. The molecule has 2 heterocycles. The largest absolute Gasteiger partial charge is 0.431 e. The molecule has 8 rings (SSSR count). The zero-order valence-corrected chi connectivity index (χ0v) is 26.2. The second-order valence-electron chi connectivity index (χ2n) is 13.1. The lowest BCUT2D eigenvalue weighted by Gasteiger charge is -2.45. The smallest absolute Gasteiger partial charge is 0.343 e. The van der Waals surface area contributed by atoms with Crippen LogP contribution in [0.4, 0.5) is 17.1 Å². The van der Waals surface area contributed by atoms with Crippen LogP contribution >= 0.6 is 0 Å². The lowest BCUT2D eigenvalue weighted by molar-refractivity contribution is 0.516. The molecule has 1 aliphatic carbocycles. The van der Waals surface area contributed by atoms with Gasteiger partial charge in [-0.25, -0.2) is 4.79 Å². The number of fused-ring (bicyclic) bond motifs is 10. The van der Waals surface area contributed by atoms with Crippen molar-refractivity contribution < 1.29 is 4.42 Å². The Labute approximate surface area is 253 Å². The van der Waals surface area contributed by atoms with Gasteiger partial charge in [0.15, 0.2) is 0 Å². The molecular weight excluding hydrogens is 543 g/mol. The van der Waals surface area contributed by atoms with Gasteiger partial charge in [0, 0.05) is 5.69 Å². The molecule has 1 spiro atoms. The Hall–Kier alpha value is -4.67. The fourth-order valence-electron chi connectivity index (χ4n) is 7.46. The highest BCUT2D eigenvalue weighted by molar-refractivity contribution is 6.88. The zero-order chi connectivity index (χ0) is 29.7. The van der Waals surface area contributed by atoms with Crippen LogP contribution in [0.15, 0.2) is 119 Å². The van der Waals surface area contributed by atoms with Crippen LogP contribution < -0.4 is 15.7 Å². The molecule has 5 aromatic carbocycles. The van der Waals surface area contributed by atoms with Crippen LogP contribution in [0.1, 0.15) is 33.4 Å². The van der Waals surface area contributed by atoms with Crippen molar-refractivity contribution in [3.63, 3.8) is 0 Å². The van der Waals surface area contributed by atoms with Crippen molar-refractivity contribution in [2.24, 2.45) is 0 Å². The predicted molar refractivity (Wildman–Crippen MR) is 180 cm³/mol. The summed E-state index contributed by atoms with van der Waals surface area (Å²) in [6.07, 6.45) is 1.55. The molecule has 2 aliphatic rings. The van der Waals surface area contributed by atoms with Gasteiger partial charge in [-0.2, -0.15) is 0 Å².